The van der Waals surface area contributed by atoms with Crippen molar-refractivity contribution in [1.82, 2.24) is 9.55 Å². The zero-order valence-corrected chi connectivity index (χ0v) is 14.8. The van der Waals surface area contributed by atoms with Gasteiger partial charge in [-0.2, -0.15) is 5.26 Å². The molecule has 0 aliphatic heterocycles. The van der Waals surface area contributed by atoms with Crippen LogP contribution in [-0.4, -0.2) is 15.3 Å². The highest BCUT2D eigenvalue weighted by atomic mass is 32.2. The molecule has 0 spiro atoms. The maximum Gasteiger partial charge on any atom is 0.263 e. The highest BCUT2D eigenvalue weighted by Gasteiger charge is 2.24. The fourth-order valence-electron chi connectivity index (χ4n) is 2.99. The Morgan fingerprint density at radius 1 is 1.61 bits per heavy atom. The topological polar surface area (TPSA) is 58.7 Å². The summed E-state index contributed by atoms with van der Waals surface area (Å²) in [6.07, 6.45) is 5.34. The van der Waals surface area contributed by atoms with E-state index in [-0.39, 0.29) is 5.56 Å². The molecule has 0 fully saturated rings. The van der Waals surface area contributed by atoms with Crippen molar-refractivity contribution in [3.8, 4) is 6.07 Å². The van der Waals surface area contributed by atoms with Gasteiger partial charge in [-0.05, 0) is 30.7 Å². The first-order valence-electron chi connectivity index (χ1n) is 7.81. The summed E-state index contributed by atoms with van der Waals surface area (Å²) in [6.45, 7) is 6.47. The molecule has 0 saturated carbocycles. The monoisotopic (exact) mass is 345 g/mol. The Bertz CT molecular complexity index is 844. The van der Waals surface area contributed by atoms with Crippen LogP contribution in [0, 0.1) is 17.2 Å². The molecule has 3 rings (SSSR count). The van der Waals surface area contributed by atoms with Gasteiger partial charge in [0, 0.05) is 23.6 Å². The molecule has 1 unspecified atom stereocenters. The molecule has 0 radical (unpaired) electrons. The lowest BCUT2D eigenvalue weighted by Crippen LogP contribution is -2.23. The van der Waals surface area contributed by atoms with Crippen LogP contribution in [0.25, 0.3) is 10.2 Å². The molecule has 2 heterocycles. The minimum absolute atomic E-state index is 0.0430. The molecular formula is C17H19N3OS2. The van der Waals surface area contributed by atoms with Gasteiger partial charge in [0.15, 0.2) is 5.16 Å². The average molecular weight is 345 g/mol. The highest BCUT2D eigenvalue weighted by Crippen LogP contribution is 2.36. The third kappa shape index (κ3) is 3.08. The minimum atomic E-state index is 0.0430. The lowest BCUT2D eigenvalue weighted by molar-refractivity contribution is 0.509. The first kappa shape index (κ1) is 16.3. The summed E-state index contributed by atoms with van der Waals surface area (Å²) in [5, 5.41) is 10.2. The van der Waals surface area contributed by atoms with Gasteiger partial charge in [0.1, 0.15) is 4.83 Å². The molecule has 0 aromatic carbocycles. The quantitative estimate of drug-likeness (QED) is 0.358. The van der Waals surface area contributed by atoms with Crippen LogP contribution in [0.15, 0.2) is 22.6 Å². The van der Waals surface area contributed by atoms with E-state index in [1.54, 1.807) is 22.0 Å². The highest BCUT2D eigenvalue weighted by molar-refractivity contribution is 7.99. The maximum atomic E-state index is 13.0. The lowest BCUT2D eigenvalue weighted by Gasteiger charge is -2.17. The SMILES string of the molecule is C=CCn1c(SCCC#N)nc2sc3c(c2c1=O)CCC(C)C3. The van der Waals surface area contributed by atoms with E-state index < -0.39 is 0 Å². The number of thioether (sulfide) groups is 1. The number of rotatable bonds is 5. The van der Waals surface area contributed by atoms with E-state index >= 15 is 0 Å². The van der Waals surface area contributed by atoms with Gasteiger partial charge < -0.3 is 0 Å². The number of thiophene rings is 1. The Kier molecular flexibility index (Phi) is 4.88. The normalized spacial score (nSPS) is 17.0. The fourth-order valence-corrected chi connectivity index (χ4v) is 5.27. The van der Waals surface area contributed by atoms with Crippen LogP contribution < -0.4 is 5.56 Å². The summed E-state index contributed by atoms with van der Waals surface area (Å²) in [5.74, 6) is 1.32. The minimum Gasteiger partial charge on any atom is -0.283 e. The smallest absolute Gasteiger partial charge is 0.263 e. The lowest BCUT2D eigenvalue weighted by atomic mass is 9.89. The second kappa shape index (κ2) is 6.90. The first-order valence-corrected chi connectivity index (χ1v) is 9.61. The standard InChI is InChI=1S/C17H19N3OS2/c1-3-8-20-16(21)14-12-6-5-11(2)10-13(12)23-15(14)19-17(20)22-9-4-7-18/h3,11H,1,4-6,8-10H2,2H3. The van der Waals surface area contributed by atoms with Crippen molar-refractivity contribution in [1.29, 1.82) is 5.26 Å². The van der Waals surface area contributed by atoms with Crippen LogP contribution in [0.4, 0.5) is 0 Å². The van der Waals surface area contributed by atoms with E-state index in [1.165, 1.54) is 22.2 Å². The number of nitrogens with zero attached hydrogens (tertiary/aromatic N) is 3. The molecule has 2 aromatic heterocycles. The number of hydrogen-bond donors (Lipinski definition) is 0. The van der Waals surface area contributed by atoms with Gasteiger partial charge in [0.2, 0.25) is 0 Å². The maximum absolute atomic E-state index is 13.0. The van der Waals surface area contributed by atoms with Crippen LogP contribution in [-0.2, 0) is 19.4 Å². The van der Waals surface area contributed by atoms with Crippen molar-refractivity contribution in [3.05, 3.63) is 33.4 Å². The number of hydrogen-bond acceptors (Lipinski definition) is 5. The van der Waals surface area contributed by atoms with E-state index in [0.29, 0.717) is 29.8 Å². The van der Waals surface area contributed by atoms with Gasteiger partial charge in [-0.15, -0.1) is 17.9 Å². The molecule has 1 aliphatic rings. The Balaban J connectivity index is 2.14. The number of aryl methyl sites for hydroxylation is 1. The molecule has 23 heavy (non-hydrogen) atoms. The summed E-state index contributed by atoms with van der Waals surface area (Å²) >= 11 is 3.14. The Labute approximate surface area is 143 Å². The molecule has 0 saturated heterocycles. The average Bonchev–Trinajstić information content (AvgIpc) is 2.88. The van der Waals surface area contributed by atoms with E-state index in [0.717, 1.165) is 29.5 Å². The second-order valence-corrected chi connectivity index (χ2v) is 8.03. The molecule has 6 heteroatoms. The first-order chi connectivity index (χ1) is 11.2. The van der Waals surface area contributed by atoms with Gasteiger partial charge >= 0.3 is 0 Å². The van der Waals surface area contributed by atoms with E-state index in [2.05, 4.69) is 19.6 Å². The molecule has 120 valence electrons. The van der Waals surface area contributed by atoms with Crippen LogP contribution in [0.2, 0.25) is 0 Å². The predicted molar refractivity (Wildman–Crippen MR) is 96.2 cm³/mol. The molecule has 1 atom stereocenters. The molecule has 1 aliphatic carbocycles. The Morgan fingerprint density at radius 2 is 2.43 bits per heavy atom. The molecule has 0 N–H and O–H groups in total. The van der Waals surface area contributed by atoms with E-state index in [9.17, 15) is 4.79 Å². The summed E-state index contributed by atoms with van der Waals surface area (Å²) in [4.78, 5) is 19.9. The molecule has 2 aromatic rings. The zero-order valence-electron chi connectivity index (χ0n) is 13.2. The van der Waals surface area contributed by atoms with Crippen LogP contribution in [0.5, 0.6) is 0 Å². The summed E-state index contributed by atoms with van der Waals surface area (Å²) in [6, 6.07) is 2.13. The van der Waals surface area contributed by atoms with Crippen molar-refractivity contribution in [2.45, 2.75) is 44.3 Å². The van der Waals surface area contributed by atoms with Crippen LogP contribution in [0.1, 0.15) is 30.2 Å². The summed E-state index contributed by atoms with van der Waals surface area (Å²) in [7, 11) is 0. The third-order valence-electron chi connectivity index (χ3n) is 4.14. The second-order valence-electron chi connectivity index (χ2n) is 5.89. The Hall–Kier alpha value is -1.58. The largest absolute Gasteiger partial charge is 0.283 e. The van der Waals surface area contributed by atoms with Crippen LogP contribution >= 0.6 is 23.1 Å². The third-order valence-corrected chi connectivity index (χ3v) is 6.26. The van der Waals surface area contributed by atoms with Gasteiger partial charge in [0.25, 0.3) is 5.56 Å². The van der Waals surface area contributed by atoms with Gasteiger partial charge in [0.05, 0.1) is 11.5 Å². The van der Waals surface area contributed by atoms with Crippen molar-refractivity contribution in [2.24, 2.45) is 5.92 Å². The van der Waals surface area contributed by atoms with Crippen LogP contribution in [0.3, 0.4) is 0 Å². The summed E-state index contributed by atoms with van der Waals surface area (Å²) in [5.41, 5.74) is 1.26. The van der Waals surface area contributed by atoms with Crippen molar-refractivity contribution < 1.29 is 0 Å². The van der Waals surface area contributed by atoms with Gasteiger partial charge in [-0.1, -0.05) is 24.8 Å². The van der Waals surface area contributed by atoms with Crippen molar-refractivity contribution in [3.63, 3.8) is 0 Å². The van der Waals surface area contributed by atoms with Crippen molar-refractivity contribution >= 4 is 33.3 Å². The number of fused-ring (bicyclic) bond motifs is 3. The summed E-state index contributed by atoms with van der Waals surface area (Å²) < 4.78 is 1.70. The predicted octanol–water partition coefficient (Wildman–Crippen LogP) is 3.77. The molecule has 0 bridgehead atoms. The molecular weight excluding hydrogens is 326 g/mol. The number of allylic oxidation sites excluding steroid dienone is 1. The number of aromatic nitrogens is 2. The van der Waals surface area contributed by atoms with Crippen molar-refractivity contribution in [2.75, 3.05) is 5.75 Å². The zero-order chi connectivity index (χ0) is 16.4. The molecule has 0 amide bonds. The van der Waals surface area contributed by atoms with Gasteiger partial charge in [-0.3, -0.25) is 9.36 Å². The number of nitriles is 1. The van der Waals surface area contributed by atoms with Gasteiger partial charge in [-0.25, -0.2) is 4.98 Å². The Morgan fingerprint density at radius 3 is 3.17 bits per heavy atom. The fraction of sp³-hybridized carbons (Fsp3) is 0.471. The van der Waals surface area contributed by atoms with E-state index in [1.807, 2.05) is 0 Å². The molecule has 4 nitrogen and oxygen atoms in total. The van der Waals surface area contributed by atoms with E-state index in [4.69, 9.17) is 10.2 Å².